The fourth-order valence-electron chi connectivity index (χ4n) is 0.290. The van der Waals surface area contributed by atoms with Gasteiger partial charge in [-0.3, -0.25) is 0 Å². The highest BCUT2D eigenvalue weighted by molar-refractivity contribution is 7.88. The fourth-order valence-corrected chi connectivity index (χ4v) is 3.25. The number of hydrogen-bond acceptors (Lipinski definition) is 4. The lowest BCUT2D eigenvalue weighted by Crippen LogP contribution is -1.59. The normalized spacial score (nSPS) is 9.75. The van der Waals surface area contributed by atoms with E-state index in [9.17, 15) is 0 Å². The number of thiol groups is 1. The third kappa shape index (κ3) is 1.13. The SMILES string of the molecule is Cc1c(S)ssc1=S. The van der Waals surface area contributed by atoms with Gasteiger partial charge >= 0.3 is 0 Å². The molecule has 0 atom stereocenters. The van der Waals surface area contributed by atoms with Crippen LogP contribution < -0.4 is 0 Å². The van der Waals surface area contributed by atoms with Gasteiger partial charge in [0.2, 0.25) is 0 Å². The maximum Gasteiger partial charge on any atom is 0.105 e. The predicted molar refractivity (Wildman–Crippen MR) is 45.0 cm³/mol. The lowest BCUT2D eigenvalue weighted by molar-refractivity contribution is 1.44. The summed E-state index contributed by atoms with van der Waals surface area (Å²) in [5.41, 5.74) is 1.15. The first kappa shape index (κ1) is 6.74. The molecule has 0 N–H and O–H groups in total. The average molecular weight is 180 g/mol. The van der Waals surface area contributed by atoms with E-state index in [-0.39, 0.29) is 0 Å². The molecule has 1 heterocycles. The monoisotopic (exact) mass is 180 g/mol. The highest BCUT2D eigenvalue weighted by atomic mass is 32.9. The molecule has 1 rings (SSSR count). The fraction of sp³-hybridized carbons (Fsp3) is 0.250. The maximum absolute atomic E-state index is 4.95. The van der Waals surface area contributed by atoms with Gasteiger partial charge in [0.15, 0.2) is 0 Å². The molecule has 0 saturated heterocycles. The van der Waals surface area contributed by atoms with E-state index in [4.69, 9.17) is 12.2 Å². The van der Waals surface area contributed by atoms with Crippen LogP contribution in [0.5, 0.6) is 0 Å². The van der Waals surface area contributed by atoms with E-state index in [0.29, 0.717) is 0 Å². The molecule has 44 valence electrons. The van der Waals surface area contributed by atoms with Gasteiger partial charge < -0.3 is 0 Å². The summed E-state index contributed by atoms with van der Waals surface area (Å²) in [7, 11) is 3.24. The molecule has 0 aliphatic heterocycles. The third-order valence-corrected chi connectivity index (χ3v) is 4.93. The highest BCUT2D eigenvalue weighted by Crippen LogP contribution is 2.26. The largest absolute Gasteiger partial charge is 0.132 e. The topological polar surface area (TPSA) is 0 Å². The molecule has 1 aromatic heterocycles. The van der Waals surface area contributed by atoms with Gasteiger partial charge in [0.25, 0.3) is 0 Å². The summed E-state index contributed by atoms with van der Waals surface area (Å²) in [6.45, 7) is 2.00. The Kier molecular flexibility index (Phi) is 2.08. The zero-order valence-corrected chi connectivity index (χ0v) is 7.52. The quantitative estimate of drug-likeness (QED) is 0.363. The Bertz CT molecular complexity index is 230. The summed E-state index contributed by atoms with van der Waals surface area (Å²) in [6, 6.07) is 0. The van der Waals surface area contributed by atoms with E-state index in [1.54, 1.807) is 20.7 Å². The Labute approximate surface area is 66.0 Å². The van der Waals surface area contributed by atoms with Crippen molar-refractivity contribution in [3.05, 3.63) is 9.39 Å². The van der Waals surface area contributed by atoms with Gasteiger partial charge in [0.05, 0.1) is 4.21 Å². The molecule has 4 heteroatoms. The number of rotatable bonds is 0. The molecule has 0 saturated carbocycles. The summed E-state index contributed by atoms with van der Waals surface area (Å²) in [4.78, 5) is 0. The summed E-state index contributed by atoms with van der Waals surface area (Å²) in [5.74, 6) is 0. The van der Waals surface area contributed by atoms with Crippen molar-refractivity contribution in [1.29, 1.82) is 0 Å². The van der Waals surface area contributed by atoms with Gasteiger partial charge in [-0.05, 0) is 6.92 Å². The van der Waals surface area contributed by atoms with Crippen molar-refractivity contribution in [1.82, 2.24) is 0 Å². The van der Waals surface area contributed by atoms with Crippen LogP contribution in [0.1, 0.15) is 5.56 Å². The van der Waals surface area contributed by atoms with Crippen molar-refractivity contribution >= 4 is 45.5 Å². The van der Waals surface area contributed by atoms with Crippen molar-refractivity contribution in [3.8, 4) is 0 Å². The van der Waals surface area contributed by atoms with Crippen molar-refractivity contribution in [2.24, 2.45) is 0 Å². The lowest BCUT2D eigenvalue weighted by atomic mass is 10.5. The second-order valence-corrected chi connectivity index (χ2v) is 4.95. The zero-order chi connectivity index (χ0) is 6.15. The van der Waals surface area contributed by atoms with E-state index < -0.39 is 0 Å². The summed E-state index contributed by atoms with van der Waals surface area (Å²) in [5, 5.41) is 0. The molecule has 0 spiro atoms. The van der Waals surface area contributed by atoms with Crippen molar-refractivity contribution in [3.63, 3.8) is 0 Å². The summed E-state index contributed by atoms with van der Waals surface area (Å²) in [6.07, 6.45) is 0. The van der Waals surface area contributed by atoms with E-state index in [1.165, 1.54) is 0 Å². The molecule has 0 radical (unpaired) electrons. The molecule has 0 aromatic carbocycles. The van der Waals surface area contributed by atoms with Crippen LogP contribution in [-0.2, 0) is 0 Å². The highest BCUT2D eigenvalue weighted by Gasteiger charge is 1.95. The van der Waals surface area contributed by atoms with E-state index in [1.807, 2.05) is 6.92 Å². The van der Waals surface area contributed by atoms with Crippen LogP contribution in [0.2, 0.25) is 0 Å². The second kappa shape index (κ2) is 2.47. The lowest BCUT2D eigenvalue weighted by Gasteiger charge is -1.78. The van der Waals surface area contributed by atoms with Gasteiger partial charge in [-0.2, -0.15) is 0 Å². The Hall–Kier alpha value is 0.620. The van der Waals surface area contributed by atoms with E-state index in [2.05, 4.69) is 12.6 Å². The first-order chi connectivity index (χ1) is 3.72. The van der Waals surface area contributed by atoms with Crippen LogP contribution in [0.25, 0.3) is 0 Å². The molecule has 0 aliphatic rings. The van der Waals surface area contributed by atoms with Crippen LogP contribution in [0, 0.1) is 10.7 Å². The van der Waals surface area contributed by atoms with Crippen molar-refractivity contribution in [2.45, 2.75) is 11.1 Å². The molecule has 0 nitrogen and oxygen atoms in total. The Morgan fingerprint density at radius 1 is 1.50 bits per heavy atom. The number of hydrogen-bond donors (Lipinski definition) is 1. The van der Waals surface area contributed by atoms with Crippen LogP contribution >= 0.6 is 45.5 Å². The smallest absolute Gasteiger partial charge is 0.105 e. The van der Waals surface area contributed by atoms with Gasteiger partial charge in [-0.25, -0.2) is 0 Å². The molecule has 0 aliphatic carbocycles. The first-order valence-electron chi connectivity index (χ1n) is 2.00. The van der Waals surface area contributed by atoms with Crippen molar-refractivity contribution < 1.29 is 0 Å². The van der Waals surface area contributed by atoms with Crippen LogP contribution in [0.4, 0.5) is 0 Å². The maximum atomic E-state index is 4.95. The summed E-state index contributed by atoms with van der Waals surface area (Å²) >= 11 is 9.14. The predicted octanol–water partition coefficient (Wildman–Crippen LogP) is 3.14. The van der Waals surface area contributed by atoms with Gasteiger partial charge in [-0.15, -0.1) is 12.6 Å². The standard InChI is InChI=1S/C4H4S4/c1-2-3(5)7-8-4(2)6/h5H,1H3. The molecule has 0 unspecified atom stereocenters. The summed E-state index contributed by atoms with van der Waals surface area (Å²) < 4.78 is 2.03. The average Bonchev–Trinajstić information content (AvgIpc) is 1.98. The van der Waals surface area contributed by atoms with Gasteiger partial charge in [-0.1, -0.05) is 32.9 Å². The molecular weight excluding hydrogens is 176 g/mol. The van der Waals surface area contributed by atoms with Crippen LogP contribution in [-0.4, -0.2) is 0 Å². The molecule has 8 heavy (non-hydrogen) atoms. The van der Waals surface area contributed by atoms with E-state index >= 15 is 0 Å². The zero-order valence-electron chi connectivity index (χ0n) is 4.17. The van der Waals surface area contributed by atoms with Gasteiger partial charge in [0, 0.05) is 5.56 Å². The van der Waals surface area contributed by atoms with Gasteiger partial charge in [0.1, 0.15) is 3.82 Å². The molecule has 1 aromatic rings. The molecule has 0 amide bonds. The Morgan fingerprint density at radius 3 is 2.25 bits per heavy atom. The molecular formula is C4H4S4. The molecule has 0 fully saturated rings. The minimum absolute atomic E-state index is 0.972. The van der Waals surface area contributed by atoms with Crippen LogP contribution in [0.3, 0.4) is 0 Å². The minimum Gasteiger partial charge on any atom is -0.132 e. The Balaban J connectivity index is 3.41. The van der Waals surface area contributed by atoms with Crippen molar-refractivity contribution in [2.75, 3.05) is 0 Å². The minimum atomic E-state index is 0.972. The second-order valence-electron chi connectivity index (χ2n) is 1.38. The van der Waals surface area contributed by atoms with E-state index in [0.717, 1.165) is 13.6 Å². The first-order valence-corrected chi connectivity index (χ1v) is 5.01. The molecule has 0 bridgehead atoms. The van der Waals surface area contributed by atoms with Crippen LogP contribution in [0.15, 0.2) is 4.21 Å². The third-order valence-electron chi connectivity index (χ3n) is 0.823. The Morgan fingerprint density at radius 2 is 2.12 bits per heavy atom.